The van der Waals surface area contributed by atoms with Gasteiger partial charge in [0.05, 0.1) is 32.1 Å². The van der Waals surface area contributed by atoms with Crippen molar-refractivity contribution in [3.8, 4) is 5.75 Å². The Balaban J connectivity index is 1.45. The van der Waals surface area contributed by atoms with Crippen molar-refractivity contribution in [3.05, 3.63) is 66.9 Å². The van der Waals surface area contributed by atoms with Crippen LogP contribution in [-0.4, -0.2) is 79.3 Å². The monoisotopic (exact) mass is 544 g/mol. The number of aromatic nitrogens is 2. The van der Waals surface area contributed by atoms with E-state index in [1.54, 1.807) is 37.6 Å². The zero-order chi connectivity index (χ0) is 28.2. The van der Waals surface area contributed by atoms with Crippen LogP contribution in [0.2, 0.25) is 0 Å². The van der Waals surface area contributed by atoms with E-state index in [1.165, 1.54) is 23.1 Å². The van der Waals surface area contributed by atoms with E-state index in [1.807, 2.05) is 18.2 Å². The second kappa shape index (κ2) is 11.6. The van der Waals surface area contributed by atoms with Gasteiger partial charge in [-0.05, 0) is 43.5 Å². The zero-order valence-corrected chi connectivity index (χ0v) is 22.8. The summed E-state index contributed by atoms with van der Waals surface area (Å²) in [5.74, 6) is 0.990. The highest BCUT2D eigenvalue weighted by molar-refractivity contribution is 6.02. The van der Waals surface area contributed by atoms with Gasteiger partial charge in [-0.3, -0.25) is 9.63 Å². The molecular formula is C28H32N8O4. The number of methoxy groups -OCH3 is 1. The Morgan fingerprint density at radius 1 is 1.07 bits per heavy atom. The highest BCUT2D eigenvalue weighted by atomic mass is 16.7. The first-order valence-electron chi connectivity index (χ1n) is 12.8. The molecule has 0 radical (unpaired) electrons. The minimum atomic E-state index is -0.430. The molecule has 12 nitrogen and oxygen atoms in total. The first kappa shape index (κ1) is 26.9. The van der Waals surface area contributed by atoms with Crippen molar-refractivity contribution in [2.75, 3.05) is 67.9 Å². The summed E-state index contributed by atoms with van der Waals surface area (Å²) < 4.78 is 5.69. The van der Waals surface area contributed by atoms with Crippen molar-refractivity contribution in [1.82, 2.24) is 19.9 Å². The van der Waals surface area contributed by atoms with E-state index in [-0.39, 0.29) is 12.5 Å². The van der Waals surface area contributed by atoms with Crippen LogP contribution >= 0.6 is 0 Å². The van der Waals surface area contributed by atoms with Gasteiger partial charge in [-0.2, -0.15) is 10.0 Å². The molecule has 2 aliphatic rings. The largest absolute Gasteiger partial charge is 0.494 e. The van der Waals surface area contributed by atoms with E-state index in [0.717, 1.165) is 31.9 Å². The van der Waals surface area contributed by atoms with Crippen LogP contribution in [0.15, 0.2) is 61.3 Å². The van der Waals surface area contributed by atoms with Crippen LogP contribution in [0.5, 0.6) is 5.75 Å². The summed E-state index contributed by atoms with van der Waals surface area (Å²) in [7, 11) is 5.18. The van der Waals surface area contributed by atoms with Crippen molar-refractivity contribution in [3.63, 3.8) is 0 Å². The number of anilines is 6. The molecule has 0 aliphatic carbocycles. The number of ether oxygens (including phenoxy) is 1. The standard InChI is InChI=1S/C28H32N8O4/c1-5-25(37)30-20-7-6-8-22(15-20)36-26-19(18-35(40-4)28(36)38)17-29-27(32-26)31-23-10-9-21(16-24(23)39-3)34-13-11-33(2)12-14-34/h5-10,15-17H,1,11-14,18H2,2-4H3,(H,30,37)(H,29,31,32). The zero-order valence-electron chi connectivity index (χ0n) is 22.8. The van der Waals surface area contributed by atoms with E-state index >= 15 is 0 Å². The quantitative estimate of drug-likeness (QED) is 0.409. The average Bonchev–Trinajstić information content (AvgIpc) is 2.97. The maximum absolute atomic E-state index is 13.4. The van der Waals surface area contributed by atoms with Crippen LogP contribution in [-0.2, 0) is 16.2 Å². The number of carbonyl (C=O) groups excluding carboxylic acids is 2. The SMILES string of the molecule is C=CC(=O)Nc1cccc(N2C(=O)N(OC)Cc3cnc(Nc4ccc(N5CCN(C)CC5)cc4OC)nc32)c1. The van der Waals surface area contributed by atoms with Crippen molar-refractivity contribution >= 4 is 46.5 Å². The van der Waals surface area contributed by atoms with Crippen LogP contribution in [0.25, 0.3) is 0 Å². The van der Waals surface area contributed by atoms with Crippen molar-refractivity contribution in [2.24, 2.45) is 0 Å². The molecule has 3 heterocycles. The van der Waals surface area contributed by atoms with Gasteiger partial charge < -0.3 is 25.2 Å². The number of rotatable bonds is 8. The molecular weight excluding hydrogens is 512 g/mol. The van der Waals surface area contributed by atoms with Crippen LogP contribution in [0.3, 0.4) is 0 Å². The minimum absolute atomic E-state index is 0.178. The third kappa shape index (κ3) is 5.53. The number of benzene rings is 2. The number of nitrogens with zero attached hydrogens (tertiary/aromatic N) is 6. The molecule has 2 N–H and O–H groups in total. The number of nitrogens with one attached hydrogen (secondary N) is 2. The molecule has 0 bridgehead atoms. The lowest BCUT2D eigenvalue weighted by Crippen LogP contribution is -2.44. The van der Waals surface area contributed by atoms with Crippen molar-refractivity contribution in [2.45, 2.75) is 6.54 Å². The molecule has 0 spiro atoms. The molecule has 0 unspecified atom stereocenters. The van der Waals surface area contributed by atoms with E-state index in [2.05, 4.69) is 39.0 Å². The highest BCUT2D eigenvalue weighted by Gasteiger charge is 2.34. The number of likely N-dealkylation sites (N-methyl/N-ethyl adjacent to an activating group) is 1. The van der Waals surface area contributed by atoms with Gasteiger partial charge in [0, 0.05) is 55.4 Å². The molecule has 0 atom stereocenters. The summed E-state index contributed by atoms with van der Waals surface area (Å²) in [6, 6.07) is 12.4. The Kier molecular flexibility index (Phi) is 7.80. The fraction of sp³-hybridized carbons (Fsp3) is 0.286. The molecule has 12 heteroatoms. The minimum Gasteiger partial charge on any atom is -0.494 e. The van der Waals surface area contributed by atoms with Gasteiger partial charge >= 0.3 is 6.03 Å². The molecule has 3 amide bonds. The van der Waals surface area contributed by atoms with Crippen molar-refractivity contribution < 1.29 is 19.2 Å². The fourth-order valence-electron chi connectivity index (χ4n) is 4.64. The summed E-state index contributed by atoms with van der Waals surface area (Å²) >= 11 is 0. The molecule has 1 aromatic heterocycles. The number of urea groups is 1. The van der Waals surface area contributed by atoms with E-state index in [9.17, 15) is 9.59 Å². The third-order valence-corrected chi connectivity index (χ3v) is 6.85. The summed E-state index contributed by atoms with van der Waals surface area (Å²) in [6.07, 6.45) is 2.84. The van der Waals surface area contributed by atoms with Gasteiger partial charge in [0.1, 0.15) is 5.75 Å². The lowest BCUT2D eigenvalue weighted by atomic mass is 10.2. The second-order valence-electron chi connectivity index (χ2n) is 9.42. The summed E-state index contributed by atoms with van der Waals surface area (Å²) in [6.45, 7) is 7.56. The Morgan fingerprint density at radius 2 is 1.88 bits per heavy atom. The summed E-state index contributed by atoms with van der Waals surface area (Å²) in [5, 5.41) is 7.18. The topological polar surface area (TPSA) is 115 Å². The lowest BCUT2D eigenvalue weighted by Gasteiger charge is -2.34. The molecule has 2 aromatic carbocycles. The van der Waals surface area contributed by atoms with Gasteiger partial charge in [-0.1, -0.05) is 12.6 Å². The Morgan fingerprint density at radius 3 is 2.60 bits per heavy atom. The number of piperazine rings is 1. The molecule has 3 aromatic rings. The number of hydrogen-bond acceptors (Lipinski definition) is 9. The first-order valence-corrected chi connectivity index (χ1v) is 12.8. The van der Waals surface area contributed by atoms with Crippen LogP contribution in [0.1, 0.15) is 5.56 Å². The van der Waals surface area contributed by atoms with Crippen LogP contribution in [0, 0.1) is 0 Å². The van der Waals surface area contributed by atoms with Crippen LogP contribution in [0.4, 0.5) is 39.3 Å². The highest BCUT2D eigenvalue weighted by Crippen LogP contribution is 2.36. The molecule has 5 rings (SSSR count). The molecule has 0 saturated carbocycles. The van der Waals surface area contributed by atoms with Gasteiger partial charge in [0.2, 0.25) is 11.9 Å². The number of hydrogen-bond donors (Lipinski definition) is 2. The molecule has 1 saturated heterocycles. The molecule has 40 heavy (non-hydrogen) atoms. The van der Waals surface area contributed by atoms with E-state index < -0.39 is 6.03 Å². The van der Waals surface area contributed by atoms with Gasteiger partial charge in [0.15, 0.2) is 5.82 Å². The maximum atomic E-state index is 13.4. The second-order valence-corrected chi connectivity index (χ2v) is 9.42. The summed E-state index contributed by atoms with van der Waals surface area (Å²) in [5.41, 5.74) is 3.46. The predicted molar refractivity (Wildman–Crippen MR) is 153 cm³/mol. The smallest absolute Gasteiger partial charge is 0.354 e. The molecule has 1 fully saturated rings. The van der Waals surface area contributed by atoms with Gasteiger partial charge in [0.25, 0.3) is 0 Å². The maximum Gasteiger partial charge on any atom is 0.354 e. The van der Waals surface area contributed by atoms with Gasteiger partial charge in [-0.25, -0.2) is 14.7 Å². The number of hydroxylamine groups is 2. The third-order valence-electron chi connectivity index (χ3n) is 6.85. The average molecular weight is 545 g/mol. The van der Waals surface area contributed by atoms with E-state index in [0.29, 0.717) is 40.1 Å². The Labute approximate surface area is 232 Å². The summed E-state index contributed by atoms with van der Waals surface area (Å²) in [4.78, 5) is 45.8. The Bertz CT molecular complexity index is 1420. The number of fused-ring (bicyclic) bond motifs is 1. The predicted octanol–water partition coefficient (Wildman–Crippen LogP) is 3.74. The fourth-order valence-corrected chi connectivity index (χ4v) is 4.64. The van der Waals surface area contributed by atoms with Gasteiger partial charge in [-0.15, -0.1) is 0 Å². The number of carbonyl (C=O) groups is 2. The van der Waals surface area contributed by atoms with E-state index in [4.69, 9.17) is 14.6 Å². The normalized spacial score (nSPS) is 15.5. The molecule has 2 aliphatic heterocycles. The van der Waals surface area contributed by atoms with Crippen LogP contribution < -0.4 is 25.2 Å². The Hall–Kier alpha value is -4.68. The molecule has 208 valence electrons. The first-order chi connectivity index (χ1) is 19.4. The lowest BCUT2D eigenvalue weighted by molar-refractivity contribution is -0.111. The number of amides is 3. The van der Waals surface area contributed by atoms with Crippen molar-refractivity contribution in [1.29, 1.82) is 0 Å².